The quantitative estimate of drug-likeness (QED) is 0.848. The first-order chi connectivity index (χ1) is 9.06. The number of hydrogen-bond donors (Lipinski definition) is 1. The fraction of sp³-hybridized carbons (Fsp3) is 0.308. The first-order valence-electron chi connectivity index (χ1n) is 5.84. The largest absolute Gasteiger partial charge is 0.481 e. The molecule has 0 bridgehead atoms. The summed E-state index contributed by atoms with van der Waals surface area (Å²) in [7, 11) is 0. The van der Waals surface area contributed by atoms with Crippen molar-refractivity contribution >= 4 is 17.7 Å². The van der Waals surface area contributed by atoms with Gasteiger partial charge in [-0.3, -0.25) is 9.78 Å². The summed E-state index contributed by atoms with van der Waals surface area (Å²) in [6.45, 7) is 4.56. The van der Waals surface area contributed by atoms with Gasteiger partial charge in [-0.2, -0.15) is 0 Å². The highest BCUT2D eigenvalue weighted by Crippen LogP contribution is 2.19. The third-order valence-corrected chi connectivity index (χ3v) is 3.63. The highest BCUT2D eigenvalue weighted by molar-refractivity contribution is 7.99. The molecule has 2 aromatic rings. The Balaban J connectivity index is 2.16. The standard InChI is InChI=1S/C13H15N3O2S/c1-9-3-4-11(6-14-9)7-16-10(2)5-15-13(16)19-8-12(17)18/h3-6H,7-8H2,1-2H3,(H,17,18). The average Bonchev–Trinajstić information content (AvgIpc) is 2.71. The molecule has 6 heteroatoms. The summed E-state index contributed by atoms with van der Waals surface area (Å²) >= 11 is 1.23. The van der Waals surface area contributed by atoms with Gasteiger partial charge in [-0.25, -0.2) is 4.98 Å². The lowest BCUT2D eigenvalue weighted by atomic mass is 10.2. The van der Waals surface area contributed by atoms with E-state index in [-0.39, 0.29) is 5.75 Å². The molecule has 0 fully saturated rings. The maximum absolute atomic E-state index is 10.6. The third kappa shape index (κ3) is 3.57. The number of pyridine rings is 1. The number of hydrogen-bond acceptors (Lipinski definition) is 4. The molecule has 19 heavy (non-hydrogen) atoms. The molecule has 0 spiro atoms. The minimum Gasteiger partial charge on any atom is -0.481 e. The SMILES string of the molecule is Cc1ccc(Cn2c(C)cnc2SCC(=O)O)cn1. The summed E-state index contributed by atoms with van der Waals surface area (Å²) in [5.74, 6) is -0.822. The molecule has 2 aromatic heterocycles. The van der Waals surface area contributed by atoms with Crippen molar-refractivity contribution in [1.29, 1.82) is 0 Å². The molecule has 2 rings (SSSR count). The van der Waals surface area contributed by atoms with E-state index in [1.807, 2.05) is 36.7 Å². The van der Waals surface area contributed by atoms with Crippen LogP contribution in [0.2, 0.25) is 0 Å². The Kier molecular flexibility index (Phi) is 4.21. The zero-order chi connectivity index (χ0) is 13.8. The summed E-state index contributed by atoms with van der Waals surface area (Å²) in [5, 5.41) is 9.45. The summed E-state index contributed by atoms with van der Waals surface area (Å²) in [4.78, 5) is 19.1. The van der Waals surface area contributed by atoms with Gasteiger partial charge >= 0.3 is 5.97 Å². The van der Waals surface area contributed by atoms with Crippen LogP contribution in [0.3, 0.4) is 0 Å². The lowest BCUT2D eigenvalue weighted by molar-refractivity contribution is -0.133. The normalized spacial score (nSPS) is 10.6. The van der Waals surface area contributed by atoms with Gasteiger partial charge in [0.2, 0.25) is 0 Å². The average molecular weight is 277 g/mol. The van der Waals surface area contributed by atoms with E-state index >= 15 is 0 Å². The number of aryl methyl sites for hydroxylation is 2. The second-order valence-electron chi connectivity index (χ2n) is 4.26. The van der Waals surface area contributed by atoms with Gasteiger partial charge in [0.25, 0.3) is 0 Å². The fourth-order valence-corrected chi connectivity index (χ4v) is 2.39. The van der Waals surface area contributed by atoms with Crippen molar-refractivity contribution in [3.63, 3.8) is 0 Å². The van der Waals surface area contributed by atoms with Crippen LogP contribution >= 0.6 is 11.8 Å². The molecule has 0 aliphatic carbocycles. The molecular weight excluding hydrogens is 262 g/mol. The Bertz CT molecular complexity index is 578. The van der Waals surface area contributed by atoms with Crippen molar-refractivity contribution in [3.8, 4) is 0 Å². The second kappa shape index (κ2) is 5.88. The van der Waals surface area contributed by atoms with Crippen molar-refractivity contribution in [2.24, 2.45) is 0 Å². The van der Waals surface area contributed by atoms with Crippen molar-refractivity contribution < 1.29 is 9.90 Å². The van der Waals surface area contributed by atoms with E-state index < -0.39 is 5.97 Å². The maximum Gasteiger partial charge on any atom is 0.313 e. The van der Waals surface area contributed by atoms with E-state index in [1.165, 1.54) is 11.8 Å². The number of carboxylic acids is 1. The van der Waals surface area contributed by atoms with E-state index in [9.17, 15) is 4.79 Å². The van der Waals surface area contributed by atoms with Crippen LogP contribution in [-0.4, -0.2) is 31.4 Å². The van der Waals surface area contributed by atoms with Gasteiger partial charge < -0.3 is 9.67 Å². The minimum atomic E-state index is -0.839. The third-order valence-electron chi connectivity index (χ3n) is 2.66. The molecule has 5 nitrogen and oxygen atoms in total. The molecule has 0 unspecified atom stereocenters. The Morgan fingerprint density at radius 2 is 2.11 bits per heavy atom. The highest BCUT2D eigenvalue weighted by atomic mass is 32.2. The Morgan fingerprint density at radius 3 is 2.74 bits per heavy atom. The number of imidazole rings is 1. The molecule has 0 radical (unpaired) electrons. The van der Waals surface area contributed by atoms with Gasteiger partial charge in [0.15, 0.2) is 5.16 Å². The molecule has 2 heterocycles. The number of nitrogens with zero attached hydrogens (tertiary/aromatic N) is 3. The van der Waals surface area contributed by atoms with Gasteiger partial charge in [0, 0.05) is 23.8 Å². The maximum atomic E-state index is 10.6. The van der Waals surface area contributed by atoms with Crippen LogP contribution in [0.25, 0.3) is 0 Å². The molecule has 0 aliphatic heterocycles. The first kappa shape index (κ1) is 13.6. The lowest BCUT2D eigenvalue weighted by Gasteiger charge is -2.09. The van der Waals surface area contributed by atoms with Crippen LogP contribution < -0.4 is 0 Å². The molecule has 1 N–H and O–H groups in total. The predicted octanol–water partition coefficient (Wildman–Crippen LogP) is 2.12. The van der Waals surface area contributed by atoms with E-state index in [0.29, 0.717) is 6.54 Å². The second-order valence-corrected chi connectivity index (χ2v) is 5.20. The zero-order valence-electron chi connectivity index (χ0n) is 10.8. The van der Waals surface area contributed by atoms with Gasteiger partial charge in [-0.1, -0.05) is 17.8 Å². The molecule has 0 saturated carbocycles. The molecule has 0 saturated heterocycles. The van der Waals surface area contributed by atoms with E-state index in [4.69, 9.17) is 5.11 Å². The van der Waals surface area contributed by atoms with E-state index in [0.717, 1.165) is 22.1 Å². The molecule has 0 atom stereocenters. The molecule has 0 amide bonds. The van der Waals surface area contributed by atoms with E-state index in [2.05, 4.69) is 9.97 Å². The van der Waals surface area contributed by atoms with Crippen molar-refractivity contribution in [2.45, 2.75) is 25.5 Å². The van der Waals surface area contributed by atoms with Gasteiger partial charge in [-0.05, 0) is 25.5 Å². The van der Waals surface area contributed by atoms with Crippen LogP contribution in [0.15, 0.2) is 29.7 Å². The number of aromatic nitrogens is 3. The Morgan fingerprint density at radius 1 is 1.32 bits per heavy atom. The van der Waals surface area contributed by atoms with Crippen LogP contribution in [0.1, 0.15) is 17.0 Å². The van der Waals surface area contributed by atoms with Crippen LogP contribution in [0.4, 0.5) is 0 Å². The molecule has 0 aromatic carbocycles. The minimum absolute atomic E-state index is 0.0165. The Labute approximate surface area is 115 Å². The summed E-state index contributed by atoms with van der Waals surface area (Å²) in [5.41, 5.74) is 3.06. The number of thioether (sulfide) groups is 1. The van der Waals surface area contributed by atoms with Crippen LogP contribution in [0, 0.1) is 13.8 Å². The summed E-state index contributed by atoms with van der Waals surface area (Å²) < 4.78 is 2.00. The highest BCUT2D eigenvalue weighted by Gasteiger charge is 2.10. The zero-order valence-corrected chi connectivity index (χ0v) is 11.6. The van der Waals surface area contributed by atoms with Gasteiger partial charge in [0.05, 0.1) is 12.3 Å². The smallest absolute Gasteiger partial charge is 0.313 e. The summed E-state index contributed by atoms with van der Waals surface area (Å²) in [6, 6.07) is 3.99. The monoisotopic (exact) mass is 277 g/mol. The van der Waals surface area contributed by atoms with Crippen LogP contribution in [0.5, 0.6) is 0 Å². The first-order valence-corrected chi connectivity index (χ1v) is 6.83. The van der Waals surface area contributed by atoms with Crippen molar-refractivity contribution in [2.75, 3.05) is 5.75 Å². The fourth-order valence-electron chi connectivity index (χ4n) is 1.65. The van der Waals surface area contributed by atoms with Gasteiger partial charge in [0.1, 0.15) is 0 Å². The predicted molar refractivity (Wildman–Crippen MR) is 73.4 cm³/mol. The van der Waals surface area contributed by atoms with Gasteiger partial charge in [-0.15, -0.1) is 0 Å². The molecular formula is C13H15N3O2S. The number of rotatable bonds is 5. The van der Waals surface area contributed by atoms with E-state index in [1.54, 1.807) is 6.20 Å². The number of aliphatic carboxylic acids is 1. The number of carbonyl (C=O) groups is 1. The summed E-state index contributed by atoms with van der Waals surface area (Å²) in [6.07, 6.45) is 3.59. The van der Waals surface area contributed by atoms with Crippen molar-refractivity contribution in [3.05, 3.63) is 41.5 Å². The topological polar surface area (TPSA) is 68.0 Å². The molecule has 0 aliphatic rings. The number of carboxylic acid groups (broad SMARTS) is 1. The lowest BCUT2D eigenvalue weighted by Crippen LogP contribution is -2.06. The van der Waals surface area contributed by atoms with Crippen molar-refractivity contribution in [1.82, 2.24) is 14.5 Å². The Hall–Kier alpha value is -1.82. The van der Waals surface area contributed by atoms with Crippen LogP contribution in [-0.2, 0) is 11.3 Å². The molecule has 100 valence electrons.